The van der Waals surface area contributed by atoms with Gasteiger partial charge >= 0.3 is 11.9 Å². The Labute approximate surface area is 209 Å². The molecule has 2 amide bonds. The fourth-order valence-electron chi connectivity index (χ4n) is 4.05. The molecule has 0 saturated carbocycles. The van der Waals surface area contributed by atoms with Crippen molar-refractivity contribution in [3.05, 3.63) is 65.7 Å². The zero-order valence-corrected chi connectivity index (χ0v) is 21.0. The van der Waals surface area contributed by atoms with Gasteiger partial charge in [0.2, 0.25) is 5.91 Å². The minimum absolute atomic E-state index is 0.00377. The molecule has 2 aromatic carbocycles. The summed E-state index contributed by atoms with van der Waals surface area (Å²) >= 11 is 0. The summed E-state index contributed by atoms with van der Waals surface area (Å²) in [4.78, 5) is 37.0. The maximum absolute atomic E-state index is 12.2. The summed E-state index contributed by atoms with van der Waals surface area (Å²) in [5.74, 6) is -2.41. The summed E-state index contributed by atoms with van der Waals surface area (Å²) in [6, 6.07) is 16.5. The summed E-state index contributed by atoms with van der Waals surface area (Å²) in [5.41, 5.74) is 2.35. The van der Waals surface area contributed by atoms with Gasteiger partial charge in [0.05, 0.1) is 0 Å². The molecule has 2 N–H and O–H groups in total. The van der Waals surface area contributed by atoms with Gasteiger partial charge in [-0.2, -0.15) is 0 Å². The van der Waals surface area contributed by atoms with Crippen molar-refractivity contribution < 1.29 is 19.5 Å². The van der Waals surface area contributed by atoms with Crippen LogP contribution < -0.4 is 5.32 Å². The van der Waals surface area contributed by atoms with Gasteiger partial charge in [0.1, 0.15) is 0 Å². The van der Waals surface area contributed by atoms with Crippen LogP contribution in [0.4, 0.5) is 5.69 Å². The van der Waals surface area contributed by atoms with Crippen LogP contribution in [-0.2, 0) is 27.5 Å². The number of hydrogen-bond donors (Lipinski definition) is 2. The van der Waals surface area contributed by atoms with Crippen LogP contribution in [0.5, 0.6) is 0 Å². The Balaban J connectivity index is 1.72. The van der Waals surface area contributed by atoms with Gasteiger partial charge in [-0.1, -0.05) is 107 Å². The van der Waals surface area contributed by atoms with E-state index in [1.165, 1.54) is 56.3 Å². The summed E-state index contributed by atoms with van der Waals surface area (Å²) in [6.45, 7) is 2.62. The molecule has 0 aromatic heterocycles. The SMILES string of the molecule is CCCCCCCCCCCCC(=O)Nc1ccc(CN(Cc2ccccc2)C(=O)C(=O)O)cc1. The normalized spacial score (nSPS) is 10.7. The Morgan fingerprint density at radius 1 is 0.714 bits per heavy atom. The van der Waals surface area contributed by atoms with Crippen molar-refractivity contribution in [3.8, 4) is 0 Å². The van der Waals surface area contributed by atoms with Crippen molar-refractivity contribution in [2.45, 2.75) is 90.6 Å². The van der Waals surface area contributed by atoms with Crippen LogP contribution in [0.2, 0.25) is 0 Å². The average Bonchev–Trinajstić information content (AvgIpc) is 2.86. The minimum atomic E-state index is -1.48. The zero-order valence-electron chi connectivity index (χ0n) is 21.0. The molecule has 0 atom stereocenters. The Kier molecular flexibility index (Phi) is 13.2. The predicted molar refractivity (Wildman–Crippen MR) is 140 cm³/mol. The maximum atomic E-state index is 12.2. The minimum Gasteiger partial charge on any atom is -0.474 e. The highest BCUT2D eigenvalue weighted by Crippen LogP contribution is 2.16. The first-order chi connectivity index (χ1) is 17.0. The number of carbonyl (C=O) groups excluding carboxylic acids is 2. The van der Waals surface area contributed by atoms with Crippen LogP contribution in [0.3, 0.4) is 0 Å². The number of carbonyl (C=O) groups is 3. The summed E-state index contributed by atoms with van der Waals surface area (Å²) in [7, 11) is 0. The van der Waals surface area contributed by atoms with Gasteiger partial charge in [-0.15, -0.1) is 0 Å². The largest absolute Gasteiger partial charge is 0.474 e. The van der Waals surface area contributed by atoms with E-state index < -0.39 is 11.9 Å². The standard InChI is InChI=1S/C29H40N2O4/c1-2-3-4-5-6-7-8-9-10-14-17-27(32)30-26-20-18-25(19-21-26)23-31(28(33)29(34)35)22-24-15-12-11-13-16-24/h11-13,15-16,18-21H,2-10,14,17,22-23H2,1H3,(H,30,32)(H,34,35). The van der Waals surface area contributed by atoms with Gasteiger partial charge in [0.15, 0.2) is 0 Å². The topological polar surface area (TPSA) is 86.7 Å². The van der Waals surface area contributed by atoms with E-state index in [-0.39, 0.29) is 19.0 Å². The van der Waals surface area contributed by atoms with Crippen molar-refractivity contribution >= 4 is 23.5 Å². The van der Waals surface area contributed by atoms with Gasteiger partial charge in [0, 0.05) is 25.2 Å². The van der Waals surface area contributed by atoms with Crippen molar-refractivity contribution in [1.29, 1.82) is 0 Å². The lowest BCUT2D eigenvalue weighted by Crippen LogP contribution is -2.35. The summed E-state index contributed by atoms with van der Waals surface area (Å²) in [5, 5.41) is 12.1. The number of rotatable bonds is 16. The van der Waals surface area contributed by atoms with Gasteiger partial charge in [-0.05, 0) is 29.7 Å². The van der Waals surface area contributed by atoms with Crippen LogP contribution >= 0.6 is 0 Å². The molecule has 0 radical (unpaired) electrons. The number of unbranched alkanes of at least 4 members (excludes halogenated alkanes) is 9. The van der Waals surface area contributed by atoms with E-state index in [0.717, 1.165) is 24.0 Å². The number of benzene rings is 2. The smallest absolute Gasteiger partial charge is 0.394 e. The molecule has 0 spiro atoms. The van der Waals surface area contributed by atoms with Gasteiger partial charge in [-0.3, -0.25) is 9.59 Å². The Hall–Kier alpha value is -3.15. The lowest BCUT2D eigenvalue weighted by Gasteiger charge is -2.21. The van der Waals surface area contributed by atoms with Crippen LogP contribution in [-0.4, -0.2) is 27.8 Å². The number of carboxylic acids is 1. The second-order valence-electron chi connectivity index (χ2n) is 9.13. The van der Waals surface area contributed by atoms with Gasteiger partial charge in [0.25, 0.3) is 0 Å². The molecular formula is C29H40N2O4. The fraction of sp³-hybridized carbons (Fsp3) is 0.483. The lowest BCUT2D eigenvalue weighted by atomic mass is 10.1. The highest BCUT2D eigenvalue weighted by atomic mass is 16.4. The molecule has 0 fully saturated rings. The number of hydrogen-bond acceptors (Lipinski definition) is 3. The molecule has 0 bridgehead atoms. The third-order valence-corrected chi connectivity index (χ3v) is 6.05. The van der Waals surface area contributed by atoms with Crippen molar-refractivity contribution in [2.75, 3.05) is 5.32 Å². The Bertz CT molecular complexity index is 897. The van der Waals surface area contributed by atoms with E-state index in [4.69, 9.17) is 0 Å². The van der Waals surface area contributed by atoms with E-state index in [1.807, 2.05) is 42.5 Å². The number of anilines is 1. The first-order valence-corrected chi connectivity index (χ1v) is 12.9. The molecule has 190 valence electrons. The third-order valence-electron chi connectivity index (χ3n) is 6.05. The summed E-state index contributed by atoms with van der Waals surface area (Å²) in [6.07, 6.45) is 12.9. The second kappa shape index (κ2) is 16.5. The van der Waals surface area contributed by atoms with E-state index in [2.05, 4.69) is 12.2 Å². The molecule has 0 heterocycles. The molecule has 2 rings (SSSR count). The zero-order chi connectivity index (χ0) is 25.3. The molecule has 0 aliphatic rings. The van der Waals surface area contributed by atoms with E-state index in [1.54, 1.807) is 12.1 Å². The Morgan fingerprint density at radius 3 is 1.77 bits per heavy atom. The van der Waals surface area contributed by atoms with Crippen LogP contribution in [0.25, 0.3) is 0 Å². The number of nitrogens with zero attached hydrogens (tertiary/aromatic N) is 1. The van der Waals surface area contributed by atoms with Gasteiger partial charge < -0.3 is 15.3 Å². The molecule has 0 saturated heterocycles. The molecule has 6 heteroatoms. The quantitative estimate of drug-likeness (QED) is 0.211. The van der Waals surface area contributed by atoms with E-state index in [0.29, 0.717) is 12.1 Å². The third kappa shape index (κ3) is 11.7. The van der Waals surface area contributed by atoms with Crippen LogP contribution in [0.15, 0.2) is 54.6 Å². The molecule has 0 aliphatic heterocycles. The first-order valence-electron chi connectivity index (χ1n) is 12.9. The lowest BCUT2D eigenvalue weighted by molar-refractivity contribution is -0.156. The summed E-state index contributed by atoms with van der Waals surface area (Å²) < 4.78 is 0. The fourth-order valence-corrected chi connectivity index (χ4v) is 4.05. The van der Waals surface area contributed by atoms with Gasteiger partial charge in [-0.25, -0.2) is 4.79 Å². The number of amides is 2. The molecule has 0 unspecified atom stereocenters. The van der Waals surface area contributed by atoms with Crippen molar-refractivity contribution in [2.24, 2.45) is 0 Å². The number of nitrogens with one attached hydrogen (secondary N) is 1. The van der Waals surface area contributed by atoms with E-state index >= 15 is 0 Å². The molecule has 35 heavy (non-hydrogen) atoms. The number of aliphatic carboxylic acids is 1. The molecular weight excluding hydrogens is 440 g/mol. The number of carboxylic acid groups (broad SMARTS) is 1. The molecule has 2 aromatic rings. The predicted octanol–water partition coefficient (Wildman–Crippen LogP) is 6.55. The first kappa shape index (κ1) is 28.1. The highest BCUT2D eigenvalue weighted by Gasteiger charge is 2.21. The van der Waals surface area contributed by atoms with Crippen molar-refractivity contribution in [1.82, 2.24) is 4.90 Å². The van der Waals surface area contributed by atoms with Crippen molar-refractivity contribution in [3.63, 3.8) is 0 Å². The maximum Gasteiger partial charge on any atom is 0.394 e. The monoisotopic (exact) mass is 480 g/mol. The molecule has 6 nitrogen and oxygen atoms in total. The highest BCUT2D eigenvalue weighted by molar-refractivity contribution is 6.31. The average molecular weight is 481 g/mol. The van der Waals surface area contributed by atoms with E-state index in [9.17, 15) is 19.5 Å². The molecule has 0 aliphatic carbocycles. The van der Waals surface area contributed by atoms with Crippen LogP contribution in [0.1, 0.15) is 88.7 Å². The Morgan fingerprint density at radius 2 is 1.23 bits per heavy atom. The second-order valence-corrected chi connectivity index (χ2v) is 9.13. The van der Waals surface area contributed by atoms with Crippen LogP contribution in [0, 0.1) is 0 Å².